The Labute approximate surface area is 144 Å². The zero-order valence-corrected chi connectivity index (χ0v) is 14.3. The maximum Gasteiger partial charge on any atom is 0.337 e. The van der Waals surface area contributed by atoms with E-state index in [0.717, 1.165) is 5.56 Å². The predicted molar refractivity (Wildman–Crippen MR) is 96.4 cm³/mol. The van der Waals surface area contributed by atoms with Crippen molar-refractivity contribution in [3.05, 3.63) is 69.6 Å². The van der Waals surface area contributed by atoms with E-state index >= 15 is 0 Å². The fraction of sp³-hybridized carbons (Fsp3) is 0.278. The lowest BCUT2D eigenvalue weighted by molar-refractivity contribution is 0.184. The lowest BCUT2D eigenvalue weighted by atomic mass is 10.2. The summed E-state index contributed by atoms with van der Waals surface area (Å²) in [5, 5.41) is 0. The second-order valence-corrected chi connectivity index (χ2v) is 5.76. The summed E-state index contributed by atoms with van der Waals surface area (Å²) in [5.41, 5.74) is 1.65. The van der Waals surface area contributed by atoms with Crippen molar-refractivity contribution in [2.45, 2.75) is 20.0 Å². The van der Waals surface area contributed by atoms with Crippen molar-refractivity contribution >= 4 is 11.2 Å². The summed E-state index contributed by atoms with van der Waals surface area (Å²) in [7, 11) is 1.53. The van der Waals surface area contributed by atoms with Crippen molar-refractivity contribution in [3.63, 3.8) is 0 Å². The molecular weight excluding hydrogens is 320 g/mol. The average Bonchev–Trinajstić information content (AvgIpc) is 3.00. The number of hydrogen-bond donors (Lipinski definition) is 0. The molecule has 0 unspecified atom stereocenters. The molecule has 25 heavy (non-hydrogen) atoms. The van der Waals surface area contributed by atoms with Crippen LogP contribution in [0.25, 0.3) is 16.9 Å². The summed E-state index contributed by atoms with van der Waals surface area (Å²) in [5.74, 6) is 0. The number of nitrogens with zero attached hydrogens (tertiary/aromatic N) is 4. The van der Waals surface area contributed by atoms with Crippen LogP contribution in [0.4, 0.5) is 0 Å². The fourth-order valence-corrected chi connectivity index (χ4v) is 2.76. The van der Waals surface area contributed by atoms with Crippen molar-refractivity contribution in [1.82, 2.24) is 18.7 Å². The number of rotatable bonds is 6. The van der Waals surface area contributed by atoms with Gasteiger partial charge < -0.3 is 9.30 Å². The first kappa shape index (κ1) is 16.9. The summed E-state index contributed by atoms with van der Waals surface area (Å²) in [6.45, 7) is 6.56. The second kappa shape index (κ2) is 6.90. The molecular formula is C18H20N4O3. The molecule has 0 N–H and O–H groups in total. The van der Waals surface area contributed by atoms with E-state index in [9.17, 15) is 9.59 Å². The summed E-state index contributed by atoms with van der Waals surface area (Å²) < 4.78 is 9.39. The zero-order valence-electron chi connectivity index (χ0n) is 14.3. The Morgan fingerprint density at radius 1 is 1.24 bits per heavy atom. The van der Waals surface area contributed by atoms with Gasteiger partial charge in [-0.3, -0.25) is 9.36 Å². The Hall–Kier alpha value is -2.93. The highest BCUT2D eigenvalue weighted by atomic mass is 16.5. The SMILES string of the molecule is C=CCn1cnc2c1c(=O)n(CCOC)c(=O)n2-c1ccc(C)cc1. The van der Waals surface area contributed by atoms with Gasteiger partial charge in [0.15, 0.2) is 11.2 Å². The maximum absolute atomic E-state index is 13.0. The van der Waals surface area contributed by atoms with Gasteiger partial charge in [-0.2, -0.15) is 0 Å². The second-order valence-electron chi connectivity index (χ2n) is 5.76. The van der Waals surface area contributed by atoms with E-state index < -0.39 is 5.69 Å². The topological polar surface area (TPSA) is 71.1 Å². The molecule has 0 aliphatic rings. The van der Waals surface area contributed by atoms with Gasteiger partial charge in [0.25, 0.3) is 5.56 Å². The minimum absolute atomic E-state index is 0.176. The van der Waals surface area contributed by atoms with Gasteiger partial charge in [0.2, 0.25) is 0 Å². The van der Waals surface area contributed by atoms with Crippen LogP contribution < -0.4 is 11.2 Å². The zero-order chi connectivity index (χ0) is 18.0. The van der Waals surface area contributed by atoms with Crippen molar-refractivity contribution in [2.75, 3.05) is 13.7 Å². The van der Waals surface area contributed by atoms with Crippen LogP contribution in [0.1, 0.15) is 5.56 Å². The molecule has 3 rings (SSSR count). The highest BCUT2D eigenvalue weighted by molar-refractivity contribution is 5.72. The Balaban J connectivity index is 2.38. The molecule has 0 saturated heterocycles. The number of aromatic nitrogens is 4. The number of allylic oxidation sites excluding steroid dienone is 1. The van der Waals surface area contributed by atoms with E-state index in [-0.39, 0.29) is 18.7 Å². The molecule has 0 bridgehead atoms. The van der Waals surface area contributed by atoms with Crippen LogP contribution in [-0.4, -0.2) is 32.4 Å². The maximum atomic E-state index is 13.0. The largest absolute Gasteiger partial charge is 0.383 e. The number of imidazole rings is 1. The highest BCUT2D eigenvalue weighted by Gasteiger charge is 2.18. The molecule has 0 spiro atoms. The van der Waals surface area contributed by atoms with E-state index in [1.165, 1.54) is 16.2 Å². The highest BCUT2D eigenvalue weighted by Crippen LogP contribution is 2.14. The summed E-state index contributed by atoms with van der Waals surface area (Å²) in [6, 6.07) is 7.51. The lowest BCUT2D eigenvalue weighted by Gasteiger charge is -2.12. The van der Waals surface area contributed by atoms with Crippen molar-refractivity contribution in [1.29, 1.82) is 0 Å². The number of methoxy groups -OCH3 is 1. The molecule has 1 aromatic carbocycles. The molecule has 2 heterocycles. The van der Waals surface area contributed by atoms with E-state index in [4.69, 9.17) is 4.74 Å². The summed E-state index contributed by atoms with van der Waals surface area (Å²) in [4.78, 5) is 30.1. The number of fused-ring (bicyclic) bond motifs is 1. The molecule has 3 aromatic rings. The molecule has 0 aliphatic heterocycles. The van der Waals surface area contributed by atoms with Crippen LogP contribution in [0.3, 0.4) is 0 Å². The first-order valence-electron chi connectivity index (χ1n) is 7.96. The number of ether oxygens (including phenoxy) is 1. The number of hydrogen-bond acceptors (Lipinski definition) is 4. The van der Waals surface area contributed by atoms with Crippen LogP contribution in [-0.2, 0) is 17.8 Å². The van der Waals surface area contributed by atoms with Gasteiger partial charge in [0.05, 0.1) is 25.2 Å². The van der Waals surface area contributed by atoms with Gasteiger partial charge in [0.1, 0.15) is 0 Å². The average molecular weight is 340 g/mol. The van der Waals surface area contributed by atoms with Gasteiger partial charge in [-0.1, -0.05) is 23.8 Å². The molecule has 2 aromatic heterocycles. The van der Waals surface area contributed by atoms with Crippen LogP contribution in [0, 0.1) is 6.92 Å². The molecule has 0 fully saturated rings. The fourth-order valence-electron chi connectivity index (χ4n) is 2.76. The van der Waals surface area contributed by atoms with Crippen molar-refractivity contribution in [2.24, 2.45) is 0 Å². The number of aryl methyl sites for hydroxylation is 1. The molecule has 0 saturated carbocycles. The van der Waals surface area contributed by atoms with Gasteiger partial charge in [-0.05, 0) is 19.1 Å². The lowest BCUT2D eigenvalue weighted by Crippen LogP contribution is -2.41. The van der Waals surface area contributed by atoms with E-state index in [2.05, 4.69) is 11.6 Å². The van der Waals surface area contributed by atoms with Gasteiger partial charge in [0, 0.05) is 13.7 Å². The summed E-state index contributed by atoms with van der Waals surface area (Å²) in [6.07, 6.45) is 3.24. The number of benzene rings is 1. The van der Waals surface area contributed by atoms with Crippen LogP contribution in [0.5, 0.6) is 0 Å². The molecule has 7 nitrogen and oxygen atoms in total. The van der Waals surface area contributed by atoms with Gasteiger partial charge in [-0.15, -0.1) is 6.58 Å². The van der Waals surface area contributed by atoms with E-state index in [0.29, 0.717) is 23.4 Å². The summed E-state index contributed by atoms with van der Waals surface area (Å²) >= 11 is 0. The molecule has 0 atom stereocenters. The standard InChI is InChI=1S/C18H20N4O3/c1-4-9-20-12-19-16-15(20)17(23)21(10-11-25-3)18(24)22(16)14-7-5-13(2)6-8-14/h4-8,12H,1,9-11H2,2-3H3. The molecule has 0 amide bonds. The Bertz CT molecular complexity index is 1030. The third-order valence-corrected chi connectivity index (χ3v) is 4.04. The smallest absolute Gasteiger partial charge is 0.337 e. The first-order valence-corrected chi connectivity index (χ1v) is 7.96. The van der Waals surface area contributed by atoms with E-state index in [1.807, 2.05) is 31.2 Å². The normalized spacial score (nSPS) is 11.1. The van der Waals surface area contributed by atoms with Gasteiger partial charge >= 0.3 is 5.69 Å². The molecule has 7 heteroatoms. The Morgan fingerprint density at radius 3 is 2.60 bits per heavy atom. The Morgan fingerprint density at radius 2 is 1.96 bits per heavy atom. The van der Waals surface area contributed by atoms with Crippen LogP contribution >= 0.6 is 0 Å². The predicted octanol–water partition coefficient (Wildman–Crippen LogP) is 1.49. The minimum atomic E-state index is -0.428. The Kier molecular flexibility index (Phi) is 4.67. The molecule has 130 valence electrons. The first-order chi connectivity index (χ1) is 12.1. The minimum Gasteiger partial charge on any atom is -0.383 e. The quantitative estimate of drug-likeness (QED) is 0.638. The third-order valence-electron chi connectivity index (χ3n) is 4.04. The third kappa shape index (κ3) is 2.94. The van der Waals surface area contributed by atoms with Crippen LogP contribution in [0.15, 0.2) is 52.8 Å². The monoisotopic (exact) mass is 340 g/mol. The van der Waals surface area contributed by atoms with Gasteiger partial charge in [-0.25, -0.2) is 14.3 Å². The van der Waals surface area contributed by atoms with Crippen molar-refractivity contribution in [3.8, 4) is 5.69 Å². The van der Waals surface area contributed by atoms with Crippen LogP contribution in [0.2, 0.25) is 0 Å². The van der Waals surface area contributed by atoms with E-state index in [1.54, 1.807) is 17.0 Å². The van der Waals surface area contributed by atoms with Crippen molar-refractivity contribution < 1.29 is 4.74 Å². The molecule has 0 radical (unpaired) electrons. The molecule has 0 aliphatic carbocycles.